The van der Waals surface area contributed by atoms with Gasteiger partial charge in [-0.3, -0.25) is 19.3 Å². The largest absolute Gasteiger partial charge is 0.324 e. The number of halogens is 2. The van der Waals surface area contributed by atoms with Crippen LogP contribution in [0, 0.1) is 5.92 Å². The minimum absolute atomic E-state index is 0.120. The zero-order chi connectivity index (χ0) is 19.8. The first-order valence-electron chi connectivity index (χ1n) is 9.19. The highest BCUT2D eigenvalue weighted by molar-refractivity contribution is 6.44. The standard InChI is InChI=1S/C21H18Cl2N2O3/c22-16-6-3-7-17(18(16)23)24-19(26)12-8-10-13(11-9-12)25-20(27)14-4-1-2-5-15(14)21(25)28/h1-7,12-13H,8-11H2,(H,24,26). The lowest BCUT2D eigenvalue weighted by Crippen LogP contribution is -2.43. The van der Waals surface area contributed by atoms with Crippen molar-refractivity contribution in [2.24, 2.45) is 5.92 Å². The maximum absolute atomic E-state index is 12.6. The van der Waals surface area contributed by atoms with Crippen LogP contribution in [-0.4, -0.2) is 28.7 Å². The first-order chi connectivity index (χ1) is 13.5. The summed E-state index contributed by atoms with van der Waals surface area (Å²) in [6.07, 6.45) is 2.41. The second kappa shape index (κ2) is 7.57. The highest BCUT2D eigenvalue weighted by atomic mass is 35.5. The number of hydrogen-bond donors (Lipinski definition) is 1. The number of amides is 3. The lowest BCUT2D eigenvalue weighted by Gasteiger charge is -2.32. The Balaban J connectivity index is 1.40. The Morgan fingerprint density at radius 3 is 2.11 bits per heavy atom. The van der Waals surface area contributed by atoms with Crippen molar-refractivity contribution in [1.29, 1.82) is 0 Å². The average molecular weight is 417 g/mol. The number of carbonyl (C=O) groups is 3. The van der Waals surface area contributed by atoms with Crippen molar-refractivity contribution in [3.63, 3.8) is 0 Å². The van der Waals surface area contributed by atoms with Crippen LogP contribution in [0.4, 0.5) is 5.69 Å². The van der Waals surface area contributed by atoms with Gasteiger partial charge in [0.25, 0.3) is 11.8 Å². The summed E-state index contributed by atoms with van der Waals surface area (Å²) < 4.78 is 0. The molecule has 1 aliphatic heterocycles. The molecule has 0 spiro atoms. The summed E-state index contributed by atoms with van der Waals surface area (Å²) in [6, 6.07) is 11.8. The fraction of sp³-hybridized carbons (Fsp3) is 0.286. The van der Waals surface area contributed by atoms with Crippen molar-refractivity contribution in [2.45, 2.75) is 31.7 Å². The van der Waals surface area contributed by atoms with Gasteiger partial charge < -0.3 is 5.32 Å². The van der Waals surface area contributed by atoms with Gasteiger partial charge in [0.05, 0.1) is 26.9 Å². The smallest absolute Gasteiger partial charge is 0.261 e. The zero-order valence-corrected chi connectivity index (χ0v) is 16.5. The average Bonchev–Trinajstić information content (AvgIpc) is 2.96. The molecular formula is C21H18Cl2N2O3. The predicted octanol–water partition coefficient (Wildman–Crippen LogP) is 4.79. The third-order valence-corrected chi connectivity index (χ3v) is 6.29. The number of carbonyl (C=O) groups excluding carboxylic acids is 3. The SMILES string of the molecule is O=C(Nc1cccc(Cl)c1Cl)C1CCC(N2C(=O)c3ccccc3C2=O)CC1. The Morgan fingerprint density at radius 1 is 0.893 bits per heavy atom. The fourth-order valence-corrected chi connectivity index (χ4v) is 4.32. The van der Waals surface area contributed by atoms with Gasteiger partial charge >= 0.3 is 0 Å². The first-order valence-corrected chi connectivity index (χ1v) is 9.94. The third kappa shape index (κ3) is 3.29. The van der Waals surface area contributed by atoms with Gasteiger partial charge in [-0.15, -0.1) is 0 Å². The Hall–Kier alpha value is -2.37. The van der Waals surface area contributed by atoms with E-state index in [0.717, 1.165) is 0 Å². The number of rotatable bonds is 3. The molecule has 1 aliphatic carbocycles. The van der Waals surface area contributed by atoms with Crippen molar-refractivity contribution in [3.8, 4) is 0 Å². The Morgan fingerprint density at radius 2 is 1.50 bits per heavy atom. The lowest BCUT2D eigenvalue weighted by atomic mass is 9.84. The molecular weight excluding hydrogens is 399 g/mol. The number of fused-ring (bicyclic) bond motifs is 1. The molecule has 5 nitrogen and oxygen atoms in total. The molecule has 2 aromatic rings. The van der Waals surface area contributed by atoms with E-state index in [1.54, 1.807) is 42.5 Å². The van der Waals surface area contributed by atoms with Crippen LogP contribution >= 0.6 is 23.2 Å². The molecule has 1 saturated carbocycles. The zero-order valence-electron chi connectivity index (χ0n) is 15.0. The summed E-state index contributed by atoms with van der Waals surface area (Å²) in [5, 5.41) is 3.53. The molecule has 1 N–H and O–H groups in total. The van der Waals surface area contributed by atoms with Gasteiger partial charge in [0.15, 0.2) is 0 Å². The predicted molar refractivity (Wildman–Crippen MR) is 108 cm³/mol. The van der Waals surface area contributed by atoms with Gasteiger partial charge in [0.1, 0.15) is 0 Å². The maximum atomic E-state index is 12.6. The van der Waals surface area contributed by atoms with Crippen LogP contribution in [0.25, 0.3) is 0 Å². The molecule has 0 unspecified atom stereocenters. The number of nitrogens with one attached hydrogen (secondary N) is 1. The number of benzene rings is 2. The number of imide groups is 1. The summed E-state index contributed by atoms with van der Waals surface area (Å²) in [4.78, 5) is 39.2. The molecule has 2 aliphatic rings. The summed E-state index contributed by atoms with van der Waals surface area (Å²) in [6.45, 7) is 0. The van der Waals surface area contributed by atoms with E-state index in [4.69, 9.17) is 23.2 Å². The normalized spacial score (nSPS) is 21.6. The van der Waals surface area contributed by atoms with E-state index in [1.165, 1.54) is 4.90 Å². The summed E-state index contributed by atoms with van der Waals surface area (Å²) >= 11 is 12.1. The second-order valence-electron chi connectivity index (χ2n) is 7.12. The Bertz CT molecular complexity index is 933. The van der Waals surface area contributed by atoms with Gasteiger partial charge in [0.2, 0.25) is 5.91 Å². The molecule has 0 radical (unpaired) electrons. The first kappa shape index (κ1) is 19.0. The molecule has 1 heterocycles. The van der Waals surface area contributed by atoms with Crippen molar-refractivity contribution in [3.05, 3.63) is 63.6 Å². The molecule has 0 aromatic heterocycles. The molecule has 7 heteroatoms. The highest BCUT2D eigenvalue weighted by Gasteiger charge is 2.41. The summed E-state index contributed by atoms with van der Waals surface area (Å²) in [7, 11) is 0. The van der Waals surface area contributed by atoms with Gasteiger partial charge in [-0.25, -0.2) is 0 Å². The Kier molecular flexibility index (Phi) is 5.13. The minimum Gasteiger partial charge on any atom is -0.324 e. The summed E-state index contributed by atoms with van der Waals surface area (Å²) in [5.74, 6) is -0.787. The fourth-order valence-electron chi connectivity index (χ4n) is 3.97. The summed E-state index contributed by atoms with van der Waals surface area (Å²) in [5.41, 5.74) is 1.41. The molecule has 0 saturated heterocycles. The van der Waals surface area contributed by atoms with E-state index in [2.05, 4.69) is 5.32 Å². The molecule has 4 rings (SSSR count). The van der Waals surface area contributed by atoms with E-state index >= 15 is 0 Å². The van der Waals surface area contributed by atoms with Crippen LogP contribution in [0.2, 0.25) is 10.0 Å². The molecule has 0 atom stereocenters. The van der Waals surface area contributed by atoms with Crippen LogP contribution in [0.3, 0.4) is 0 Å². The number of hydrogen-bond acceptors (Lipinski definition) is 3. The molecule has 1 fully saturated rings. The highest BCUT2D eigenvalue weighted by Crippen LogP contribution is 2.35. The van der Waals surface area contributed by atoms with Crippen LogP contribution < -0.4 is 5.32 Å². The monoisotopic (exact) mass is 416 g/mol. The van der Waals surface area contributed by atoms with Crippen LogP contribution in [0.15, 0.2) is 42.5 Å². The maximum Gasteiger partial charge on any atom is 0.261 e. The molecule has 144 valence electrons. The second-order valence-corrected chi connectivity index (χ2v) is 7.91. The molecule has 0 bridgehead atoms. The lowest BCUT2D eigenvalue weighted by molar-refractivity contribution is -0.121. The number of nitrogens with zero attached hydrogens (tertiary/aromatic N) is 1. The van der Waals surface area contributed by atoms with E-state index < -0.39 is 0 Å². The van der Waals surface area contributed by atoms with Crippen molar-refractivity contribution >= 4 is 46.6 Å². The molecule has 3 amide bonds. The quantitative estimate of drug-likeness (QED) is 0.731. The van der Waals surface area contributed by atoms with E-state index in [9.17, 15) is 14.4 Å². The van der Waals surface area contributed by atoms with E-state index in [1.807, 2.05) is 0 Å². The third-order valence-electron chi connectivity index (χ3n) is 5.47. The van der Waals surface area contributed by atoms with Crippen LogP contribution in [-0.2, 0) is 4.79 Å². The van der Waals surface area contributed by atoms with Gasteiger partial charge in [-0.1, -0.05) is 41.4 Å². The van der Waals surface area contributed by atoms with Crippen molar-refractivity contribution < 1.29 is 14.4 Å². The van der Waals surface area contributed by atoms with Crippen LogP contribution in [0.5, 0.6) is 0 Å². The van der Waals surface area contributed by atoms with Crippen molar-refractivity contribution in [2.75, 3.05) is 5.32 Å². The minimum atomic E-state index is -0.237. The Labute approximate surface area is 172 Å². The van der Waals surface area contributed by atoms with Gasteiger partial charge in [-0.2, -0.15) is 0 Å². The van der Waals surface area contributed by atoms with E-state index in [0.29, 0.717) is 52.5 Å². The molecule has 28 heavy (non-hydrogen) atoms. The molecule has 2 aromatic carbocycles. The van der Waals surface area contributed by atoms with Crippen molar-refractivity contribution in [1.82, 2.24) is 4.90 Å². The number of anilines is 1. The van der Waals surface area contributed by atoms with E-state index in [-0.39, 0.29) is 29.7 Å². The topological polar surface area (TPSA) is 66.5 Å². The van der Waals surface area contributed by atoms with Crippen LogP contribution in [0.1, 0.15) is 46.4 Å². The van der Waals surface area contributed by atoms with Gasteiger partial charge in [0, 0.05) is 12.0 Å². The van der Waals surface area contributed by atoms with Gasteiger partial charge in [-0.05, 0) is 49.9 Å².